The predicted octanol–water partition coefficient (Wildman–Crippen LogP) is 2.46. The van der Waals surface area contributed by atoms with Gasteiger partial charge >= 0.3 is 5.97 Å². The number of aliphatic hydroxyl groups excluding tert-OH is 1. The third-order valence-corrected chi connectivity index (χ3v) is 4.81. The fraction of sp³-hybridized carbons (Fsp3) is 0.667. The van der Waals surface area contributed by atoms with E-state index in [1.807, 2.05) is 25.3 Å². The molecule has 0 amide bonds. The quantitative estimate of drug-likeness (QED) is 0.842. The molecule has 2 heterocycles. The zero-order valence-electron chi connectivity index (χ0n) is 14.3. The molecular formula is C18H28N2O3. The van der Waals surface area contributed by atoms with Crippen molar-refractivity contribution in [3.8, 4) is 0 Å². The molecule has 2 N–H and O–H groups in total. The molecule has 1 saturated heterocycles. The number of carboxylic acids is 1. The van der Waals surface area contributed by atoms with Gasteiger partial charge in [0.2, 0.25) is 0 Å². The van der Waals surface area contributed by atoms with Gasteiger partial charge in [0.05, 0.1) is 11.8 Å². The average molecular weight is 320 g/mol. The van der Waals surface area contributed by atoms with E-state index in [9.17, 15) is 15.0 Å². The first kappa shape index (κ1) is 17.9. The molecule has 128 valence electrons. The van der Waals surface area contributed by atoms with Crippen molar-refractivity contribution in [2.75, 3.05) is 13.1 Å². The van der Waals surface area contributed by atoms with E-state index in [1.165, 1.54) is 0 Å². The largest absolute Gasteiger partial charge is 0.481 e. The summed E-state index contributed by atoms with van der Waals surface area (Å²) in [6.07, 6.45) is 2.87. The molecule has 23 heavy (non-hydrogen) atoms. The predicted molar refractivity (Wildman–Crippen MR) is 89.0 cm³/mol. The van der Waals surface area contributed by atoms with Crippen LogP contribution >= 0.6 is 0 Å². The van der Waals surface area contributed by atoms with Gasteiger partial charge in [-0.15, -0.1) is 0 Å². The van der Waals surface area contributed by atoms with Gasteiger partial charge < -0.3 is 10.2 Å². The van der Waals surface area contributed by atoms with E-state index in [0.29, 0.717) is 38.4 Å². The highest BCUT2D eigenvalue weighted by molar-refractivity contribution is 5.76. The molecule has 1 fully saturated rings. The Morgan fingerprint density at radius 2 is 2.22 bits per heavy atom. The van der Waals surface area contributed by atoms with Gasteiger partial charge in [-0.3, -0.25) is 14.7 Å². The van der Waals surface area contributed by atoms with Gasteiger partial charge in [-0.05, 0) is 43.7 Å². The van der Waals surface area contributed by atoms with Crippen LogP contribution in [0, 0.1) is 18.3 Å². The maximum absolute atomic E-state index is 11.9. The van der Waals surface area contributed by atoms with Crippen molar-refractivity contribution < 1.29 is 15.0 Å². The Balaban J connectivity index is 2.12. The summed E-state index contributed by atoms with van der Waals surface area (Å²) in [7, 11) is 0. The molecule has 0 radical (unpaired) electrons. The molecule has 2 rings (SSSR count). The van der Waals surface area contributed by atoms with Gasteiger partial charge in [-0.2, -0.15) is 0 Å². The first-order chi connectivity index (χ1) is 10.8. The molecular weight excluding hydrogens is 292 g/mol. The lowest BCUT2D eigenvalue weighted by molar-refractivity contribution is -0.165. The Bertz CT molecular complexity index is 530. The topological polar surface area (TPSA) is 73.7 Å². The lowest BCUT2D eigenvalue weighted by Crippen LogP contribution is -2.55. The molecule has 2 atom stereocenters. The highest BCUT2D eigenvalue weighted by Crippen LogP contribution is 2.37. The number of aromatic nitrogens is 1. The fourth-order valence-electron chi connectivity index (χ4n) is 3.23. The maximum atomic E-state index is 11.9. The minimum Gasteiger partial charge on any atom is -0.481 e. The number of pyridine rings is 1. The van der Waals surface area contributed by atoms with Crippen LogP contribution in [0.1, 0.15) is 44.4 Å². The van der Waals surface area contributed by atoms with Crippen molar-refractivity contribution >= 4 is 5.97 Å². The van der Waals surface area contributed by atoms with E-state index < -0.39 is 17.5 Å². The van der Waals surface area contributed by atoms with E-state index in [4.69, 9.17) is 0 Å². The third-order valence-electron chi connectivity index (χ3n) is 4.81. The Hall–Kier alpha value is -1.46. The van der Waals surface area contributed by atoms with Crippen LogP contribution in [-0.4, -0.2) is 45.3 Å². The van der Waals surface area contributed by atoms with Gasteiger partial charge in [0.15, 0.2) is 0 Å². The minimum absolute atomic E-state index is 0.381. The summed E-state index contributed by atoms with van der Waals surface area (Å²) in [6, 6.07) is 4.00. The Labute approximate surface area is 138 Å². The van der Waals surface area contributed by atoms with E-state index >= 15 is 0 Å². The zero-order valence-corrected chi connectivity index (χ0v) is 14.3. The van der Waals surface area contributed by atoms with E-state index in [1.54, 1.807) is 0 Å². The lowest BCUT2D eigenvalue weighted by Gasteiger charge is -2.43. The molecule has 0 saturated carbocycles. The SMILES string of the molecule is Cc1ccc(CN2CC[C@H](O)[C@](CCC(C)C)(C(=O)O)C2)nc1. The standard InChI is InChI=1S/C18H28N2O3/c1-13(2)6-8-18(17(22)23)12-20(9-7-16(18)21)11-15-5-4-14(3)10-19-15/h4-5,10,13,16,21H,6-9,11-12H2,1-3H3,(H,22,23)/t16-,18+/m0/s1. The second-order valence-corrected chi connectivity index (χ2v) is 7.24. The monoisotopic (exact) mass is 320 g/mol. The van der Waals surface area contributed by atoms with Crippen LogP contribution in [0.15, 0.2) is 18.3 Å². The highest BCUT2D eigenvalue weighted by atomic mass is 16.4. The van der Waals surface area contributed by atoms with E-state index in [-0.39, 0.29) is 0 Å². The fourth-order valence-corrected chi connectivity index (χ4v) is 3.23. The van der Waals surface area contributed by atoms with Gasteiger partial charge in [-0.25, -0.2) is 0 Å². The molecule has 0 spiro atoms. The highest BCUT2D eigenvalue weighted by Gasteiger charge is 2.48. The van der Waals surface area contributed by atoms with Crippen LogP contribution in [0.25, 0.3) is 0 Å². The van der Waals surface area contributed by atoms with Crippen molar-refractivity contribution in [1.82, 2.24) is 9.88 Å². The summed E-state index contributed by atoms with van der Waals surface area (Å²) in [6.45, 7) is 7.87. The number of hydrogen-bond acceptors (Lipinski definition) is 4. The first-order valence-corrected chi connectivity index (χ1v) is 8.39. The normalized spacial score (nSPS) is 25.7. The summed E-state index contributed by atoms with van der Waals surface area (Å²) in [5.41, 5.74) is 0.988. The molecule has 0 unspecified atom stereocenters. The number of carbonyl (C=O) groups is 1. The van der Waals surface area contributed by atoms with Crippen LogP contribution in [-0.2, 0) is 11.3 Å². The van der Waals surface area contributed by atoms with Crippen LogP contribution in [0.3, 0.4) is 0 Å². The Morgan fingerprint density at radius 1 is 1.48 bits per heavy atom. The van der Waals surface area contributed by atoms with E-state index in [0.717, 1.165) is 17.7 Å². The molecule has 0 bridgehead atoms. The second kappa shape index (κ2) is 7.41. The van der Waals surface area contributed by atoms with Gasteiger partial charge in [0.25, 0.3) is 0 Å². The molecule has 1 aromatic rings. The van der Waals surface area contributed by atoms with Crippen molar-refractivity contribution in [2.45, 2.75) is 52.7 Å². The van der Waals surface area contributed by atoms with Crippen LogP contribution in [0.4, 0.5) is 0 Å². The van der Waals surface area contributed by atoms with Gasteiger partial charge in [0.1, 0.15) is 5.41 Å². The molecule has 1 aliphatic heterocycles. The number of piperidine rings is 1. The van der Waals surface area contributed by atoms with Crippen molar-refractivity contribution in [2.24, 2.45) is 11.3 Å². The molecule has 0 aromatic carbocycles. The number of carboxylic acid groups (broad SMARTS) is 1. The first-order valence-electron chi connectivity index (χ1n) is 8.39. The molecule has 5 nitrogen and oxygen atoms in total. The Morgan fingerprint density at radius 3 is 2.78 bits per heavy atom. The van der Waals surface area contributed by atoms with Crippen molar-refractivity contribution in [1.29, 1.82) is 0 Å². The lowest BCUT2D eigenvalue weighted by atomic mass is 9.73. The molecule has 5 heteroatoms. The second-order valence-electron chi connectivity index (χ2n) is 7.24. The molecule has 0 aliphatic carbocycles. The van der Waals surface area contributed by atoms with Crippen LogP contribution < -0.4 is 0 Å². The Kier molecular flexibility index (Phi) is 5.76. The van der Waals surface area contributed by atoms with Crippen molar-refractivity contribution in [3.63, 3.8) is 0 Å². The zero-order chi connectivity index (χ0) is 17.0. The van der Waals surface area contributed by atoms with E-state index in [2.05, 4.69) is 23.7 Å². The summed E-state index contributed by atoms with van der Waals surface area (Å²) < 4.78 is 0. The molecule has 1 aliphatic rings. The minimum atomic E-state index is -1.06. The number of rotatable bonds is 6. The van der Waals surface area contributed by atoms with Crippen LogP contribution in [0.2, 0.25) is 0 Å². The number of hydrogen-bond donors (Lipinski definition) is 2. The maximum Gasteiger partial charge on any atom is 0.313 e. The number of likely N-dealkylation sites (tertiary alicyclic amines) is 1. The molecule has 1 aromatic heterocycles. The summed E-state index contributed by atoms with van der Waals surface area (Å²) in [4.78, 5) is 18.5. The average Bonchev–Trinajstić information content (AvgIpc) is 2.50. The van der Waals surface area contributed by atoms with Gasteiger partial charge in [-0.1, -0.05) is 19.9 Å². The summed E-state index contributed by atoms with van der Waals surface area (Å²) >= 11 is 0. The number of aryl methyl sites for hydroxylation is 1. The summed E-state index contributed by atoms with van der Waals surface area (Å²) in [5.74, 6) is -0.459. The van der Waals surface area contributed by atoms with Crippen molar-refractivity contribution in [3.05, 3.63) is 29.6 Å². The smallest absolute Gasteiger partial charge is 0.313 e. The third kappa shape index (κ3) is 4.30. The number of nitrogens with zero attached hydrogens (tertiary/aromatic N) is 2. The number of aliphatic carboxylic acids is 1. The van der Waals surface area contributed by atoms with Crippen LogP contribution in [0.5, 0.6) is 0 Å². The summed E-state index contributed by atoms with van der Waals surface area (Å²) in [5, 5.41) is 20.2. The van der Waals surface area contributed by atoms with Gasteiger partial charge in [0, 0.05) is 25.8 Å². The number of aliphatic hydroxyl groups is 1.